The zero-order chi connectivity index (χ0) is 11.7. The van der Waals surface area contributed by atoms with E-state index < -0.39 is 6.10 Å². The highest BCUT2D eigenvalue weighted by atomic mass is 127. The van der Waals surface area contributed by atoms with Crippen LogP contribution in [0.1, 0.15) is 22.1 Å². The van der Waals surface area contributed by atoms with E-state index in [0.717, 1.165) is 19.2 Å². The van der Waals surface area contributed by atoms with E-state index >= 15 is 0 Å². The van der Waals surface area contributed by atoms with Gasteiger partial charge in [0, 0.05) is 18.5 Å². The molecule has 0 amide bonds. The summed E-state index contributed by atoms with van der Waals surface area (Å²) in [5.74, 6) is 0. The summed E-state index contributed by atoms with van der Waals surface area (Å²) in [7, 11) is 0. The summed E-state index contributed by atoms with van der Waals surface area (Å²) in [6, 6.07) is 7.98. The van der Waals surface area contributed by atoms with Crippen molar-refractivity contribution in [2.24, 2.45) is 0 Å². The quantitative estimate of drug-likeness (QED) is 0.725. The number of rotatable bonds is 2. The van der Waals surface area contributed by atoms with E-state index in [0.29, 0.717) is 0 Å². The van der Waals surface area contributed by atoms with Gasteiger partial charge in [0.15, 0.2) is 0 Å². The molecular formula is C12H10BrIOS. The number of hydrogen-bond donors (Lipinski definition) is 1. The molecule has 2 aromatic rings. The van der Waals surface area contributed by atoms with Gasteiger partial charge in [-0.3, -0.25) is 0 Å². The van der Waals surface area contributed by atoms with Crippen LogP contribution in [0.25, 0.3) is 0 Å². The van der Waals surface area contributed by atoms with Crippen LogP contribution < -0.4 is 0 Å². The lowest BCUT2D eigenvalue weighted by atomic mass is 10.0. The van der Waals surface area contributed by atoms with Crippen LogP contribution in [-0.2, 0) is 0 Å². The Labute approximate surface area is 121 Å². The molecule has 0 aliphatic heterocycles. The molecule has 2 rings (SSSR count). The van der Waals surface area contributed by atoms with Gasteiger partial charge in [-0.15, -0.1) is 11.3 Å². The fourth-order valence-corrected chi connectivity index (χ4v) is 3.28. The maximum Gasteiger partial charge on any atom is 0.106 e. The summed E-state index contributed by atoms with van der Waals surface area (Å²) in [6.07, 6.45) is -0.546. The molecule has 1 atom stereocenters. The van der Waals surface area contributed by atoms with Crippen LogP contribution in [0.3, 0.4) is 0 Å². The number of aliphatic hydroxyl groups excluding tert-OH is 1. The highest BCUT2D eigenvalue weighted by molar-refractivity contribution is 14.1. The van der Waals surface area contributed by atoms with Crippen LogP contribution >= 0.6 is 49.9 Å². The molecule has 4 heteroatoms. The second-order valence-corrected chi connectivity index (χ2v) is 6.72. The molecule has 1 unspecified atom stereocenters. The van der Waals surface area contributed by atoms with Crippen molar-refractivity contribution in [1.82, 2.24) is 0 Å². The fourth-order valence-electron chi connectivity index (χ4n) is 1.57. The lowest BCUT2D eigenvalue weighted by molar-refractivity contribution is 0.219. The van der Waals surface area contributed by atoms with Gasteiger partial charge in [-0.25, -0.2) is 0 Å². The van der Waals surface area contributed by atoms with Crippen molar-refractivity contribution >= 4 is 49.9 Å². The Kier molecular flexibility index (Phi) is 4.05. The lowest BCUT2D eigenvalue weighted by Crippen LogP contribution is -2.01. The van der Waals surface area contributed by atoms with Gasteiger partial charge in [0.25, 0.3) is 0 Å². The van der Waals surface area contributed by atoms with Crippen molar-refractivity contribution in [3.8, 4) is 0 Å². The van der Waals surface area contributed by atoms with Crippen molar-refractivity contribution in [3.05, 3.63) is 53.7 Å². The van der Waals surface area contributed by atoms with E-state index in [-0.39, 0.29) is 0 Å². The third kappa shape index (κ3) is 2.50. The van der Waals surface area contributed by atoms with E-state index in [2.05, 4.69) is 38.5 Å². The van der Waals surface area contributed by atoms with E-state index in [1.807, 2.05) is 36.6 Å². The number of aryl methyl sites for hydroxylation is 1. The van der Waals surface area contributed by atoms with Gasteiger partial charge in [-0.05, 0) is 64.7 Å². The number of aliphatic hydroxyl groups is 1. The number of hydrogen-bond acceptors (Lipinski definition) is 2. The van der Waals surface area contributed by atoms with Crippen molar-refractivity contribution in [3.63, 3.8) is 0 Å². The van der Waals surface area contributed by atoms with Gasteiger partial charge in [-0.2, -0.15) is 0 Å². The third-order valence-electron chi connectivity index (χ3n) is 2.45. The normalized spacial score (nSPS) is 12.8. The summed E-state index contributed by atoms with van der Waals surface area (Å²) >= 11 is 7.39. The monoisotopic (exact) mass is 408 g/mol. The third-order valence-corrected chi connectivity index (χ3v) is 4.70. The molecular weight excluding hydrogens is 399 g/mol. The number of benzene rings is 1. The second kappa shape index (κ2) is 5.16. The maximum absolute atomic E-state index is 10.3. The Morgan fingerprint density at radius 3 is 2.69 bits per heavy atom. The standard InChI is InChI=1S/C12H10BrIOS/c1-7-9(4-5-16-7)12(15)10-6-8(14)2-3-11(10)13/h2-6,12,15H,1H3. The predicted molar refractivity (Wildman–Crippen MR) is 80.0 cm³/mol. The first-order chi connectivity index (χ1) is 7.59. The summed E-state index contributed by atoms with van der Waals surface area (Å²) in [6.45, 7) is 2.03. The molecule has 0 bridgehead atoms. The van der Waals surface area contributed by atoms with Crippen LogP contribution in [0.2, 0.25) is 0 Å². The number of thiophene rings is 1. The van der Waals surface area contributed by atoms with Gasteiger partial charge < -0.3 is 5.11 Å². The fraction of sp³-hybridized carbons (Fsp3) is 0.167. The van der Waals surface area contributed by atoms with Crippen molar-refractivity contribution < 1.29 is 5.11 Å². The van der Waals surface area contributed by atoms with Gasteiger partial charge in [0.1, 0.15) is 6.10 Å². The summed E-state index contributed by atoms with van der Waals surface area (Å²) in [5.41, 5.74) is 1.92. The molecule has 84 valence electrons. The summed E-state index contributed by atoms with van der Waals surface area (Å²) in [4.78, 5) is 1.17. The molecule has 0 saturated heterocycles. The Balaban J connectivity index is 2.45. The molecule has 1 N–H and O–H groups in total. The molecule has 0 spiro atoms. The molecule has 1 nitrogen and oxygen atoms in total. The van der Waals surface area contributed by atoms with Crippen molar-refractivity contribution in [2.45, 2.75) is 13.0 Å². The Bertz CT molecular complexity index is 509. The van der Waals surface area contributed by atoms with E-state index in [9.17, 15) is 5.11 Å². The topological polar surface area (TPSA) is 20.2 Å². The Morgan fingerprint density at radius 1 is 1.31 bits per heavy atom. The molecule has 0 aliphatic rings. The zero-order valence-corrected chi connectivity index (χ0v) is 13.1. The van der Waals surface area contributed by atoms with E-state index in [1.165, 1.54) is 4.88 Å². The van der Waals surface area contributed by atoms with Crippen molar-refractivity contribution in [2.75, 3.05) is 0 Å². The molecule has 0 aliphatic carbocycles. The van der Waals surface area contributed by atoms with Crippen LogP contribution in [0.4, 0.5) is 0 Å². The Morgan fingerprint density at radius 2 is 2.06 bits per heavy atom. The Hall–Kier alpha value is 0.0900. The molecule has 1 heterocycles. The molecule has 1 aromatic heterocycles. The van der Waals surface area contributed by atoms with Crippen LogP contribution in [0, 0.1) is 10.5 Å². The van der Waals surface area contributed by atoms with Gasteiger partial charge in [-0.1, -0.05) is 15.9 Å². The first kappa shape index (κ1) is 12.5. The first-order valence-corrected chi connectivity index (χ1v) is 7.51. The van der Waals surface area contributed by atoms with E-state index in [1.54, 1.807) is 11.3 Å². The first-order valence-electron chi connectivity index (χ1n) is 4.76. The number of halogens is 2. The van der Waals surface area contributed by atoms with Gasteiger partial charge in [0.2, 0.25) is 0 Å². The minimum Gasteiger partial charge on any atom is -0.384 e. The summed E-state index contributed by atoms with van der Waals surface area (Å²) in [5, 5.41) is 12.3. The van der Waals surface area contributed by atoms with Crippen LogP contribution in [0.5, 0.6) is 0 Å². The smallest absolute Gasteiger partial charge is 0.106 e. The molecule has 0 fully saturated rings. The predicted octanol–water partition coefficient (Wildman–Crippen LogP) is 4.51. The van der Waals surface area contributed by atoms with Gasteiger partial charge in [0.05, 0.1) is 0 Å². The molecule has 0 radical (unpaired) electrons. The lowest BCUT2D eigenvalue weighted by Gasteiger charge is -2.13. The SMILES string of the molecule is Cc1sccc1C(O)c1cc(I)ccc1Br. The molecule has 16 heavy (non-hydrogen) atoms. The van der Waals surface area contributed by atoms with Crippen LogP contribution in [0.15, 0.2) is 34.1 Å². The second-order valence-electron chi connectivity index (χ2n) is 3.50. The van der Waals surface area contributed by atoms with Crippen LogP contribution in [-0.4, -0.2) is 5.11 Å². The largest absolute Gasteiger partial charge is 0.384 e. The maximum atomic E-state index is 10.3. The van der Waals surface area contributed by atoms with Gasteiger partial charge >= 0.3 is 0 Å². The zero-order valence-electron chi connectivity index (χ0n) is 8.58. The molecule has 1 aromatic carbocycles. The highest BCUT2D eigenvalue weighted by Gasteiger charge is 2.16. The van der Waals surface area contributed by atoms with E-state index in [4.69, 9.17) is 0 Å². The average Bonchev–Trinajstić information content (AvgIpc) is 2.67. The minimum absolute atomic E-state index is 0.546. The minimum atomic E-state index is -0.546. The summed E-state index contributed by atoms with van der Waals surface area (Å²) < 4.78 is 2.08. The highest BCUT2D eigenvalue weighted by Crippen LogP contribution is 2.33. The molecule has 0 saturated carbocycles. The average molecular weight is 409 g/mol. The van der Waals surface area contributed by atoms with Crippen molar-refractivity contribution in [1.29, 1.82) is 0 Å².